The lowest BCUT2D eigenvalue weighted by atomic mass is 9.86. The molecule has 0 aromatic heterocycles. The molecule has 4 rings (SSSR count). The highest BCUT2D eigenvalue weighted by atomic mass is 35.5. The molecule has 1 heterocycles. The van der Waals surface area contributed by atoms with E-state index < -0.39 is 6.04 Å². The Morgan fingerprint density at radius 2 is 1.79 bits per heavy atom. The molecule has 1 amide bonds. The van der Waals surface area contributed by atoms with E-state index in [2.05, 4.69) is 41.8 Å². The molecule has 2 N–H and O–H groups in total. The van der Waals surface area contributed by atoms with Crippen LogP contribution in [0.25, 0.3) is 0 Å². The number of nitrogens with two attached hydrogens (primary N) is 1. The monoisotopic (exact) mass is 468 g/mol. The predicted molar refractivity (Wildman–Crippen MR) is 137 cm³/mol. The van der Waals surface area contributed by atoms with E-state index in [1.54, 1.807) is 0 Å². The van der Waals surface area contributed by atoms with Crippen molar-refractivity contribution in [2.24, 2.45) is 5.73 Å². The number of halogens is 1. The molecule has 2 aromatic carbocycles. The first kappa shape index (κ1) is 24.1. The van der Waals surface area contributed by atoms with Crippen molar-refractivity contribution < 1.29 is 4.79 Å². The molecule has 2 unspecified atom stereocenters. The highest BCUT2D eigenvalue weighted by Gasteiger charge is 2.29. The third kappa shape index (κ3) is 5.53. The Labute approximate surface area is 203 Å². The van der Waals surface area contributed by atoms with Gasteiger partial charge < -0.3 is 20.4 Å². The van der Waals surface area contributed by atoms with Crippen molar-refractivity contribution in [3.8, 4) is 0 Å². The Morgan fingerprint density at radius 3 is 2.45 bits per heavy atom. The number of anilines is 1. The first-order valence-corrected chi connectivity index (χ1v) is 12.8. The summed E-state index contributed by atoms with van der Waals surface area (Å²) in [6.45, 7) is 9.88. The van der Waals surface area contributed by atoms with Crippen molar-refractivity contribution in [2.75, 3.05) is 44.2 Å². The number of amides is 1. The number of fused-ring (bicyclic) bond motifs is 1. The number of rotatable bonds is 7. The number of likely N-dealkylation sites (N-methyl/N-ethyl adjacent to an activating group) is 1. The number of nitrogens with zero attached hydrogens (tertiary/aromatic N) is 3. The number of piperazine rings is 1. The fourth-order valence-corrected chi connectivity index (χ4v) is 5.59. The van der Waals surface area contributed by atoms with E-state index in [-0.39, 0.29) is 5.91 Å². The zero-order valence-corrected chi connectivity index (χ0v) is 20.7. The molecule has 1 aliphatic heterocycles. The highest BCUT2D eigenvalue weighted by Crippen LogP contribution is 2.33. The standard InChI is InChI=1S/C27H37ClN4O/c1-3-30(4-2)23-13-10-21-6-5-7-26(24(21)19-23)31-14-16-32(17-15-31)27(33)25(29)18-20-8-11-22(28)12-9-20/h5-9,11-12,23,25H,3-4,10,13-19,29H2,1-2H3. The van der Waals surface area contributed by atoms with Gasteiger partial charge in [-0.2, -0.15) is 0 Å². The fraction of sp³-hybridized carbons (Fsp3) is 0.519. The van der Waals surface area contributed by atoms with Crippen LogP contribution in [0.1, 0.15) is 37.0 Å². The summed E-state index contributed by atoms with van der Waals surface area (Å²) < 4.78 is 0. The largest absolute Gasteiger partial charge is 0.368 e. The van der Waals surface area contributed by atoms with Gasteiger partial charge in [-0.15, -0.1) is 0 Å². The van der Waals surface area contributed by atoms with Gasteiger partial charge in [-0.25, -0.2) is 0 Å². The molecule has 2 aromatic rings. The van der Waals surface area contributed by atoms with Crippen molar-refractivity contribution in [3.63, 3.8) is 0 Å². The van der Waals surface area contributed by atoms with Crippen LogP contribution >= 0.6 is 11.6 Å². The Hall–Kier alpha value is -2.08. The van der Waals surface area contributed by atoms with Gasteiger partial charge in [0.1, 0.15) is 0 Å². The fourth-order valence-electron chi connectivity index (χ4n) is 5.46. The van der Waals surface area contributed by atoms with E-state index in [1.165, 1.54) is 23.2 Å². The third-order valence-electron chi connectivity index (χ3n) is 7.38. The zero-order valence-electron chi connectivity index (χ0n) is 20.0. The van der Waals surface area contributed by atoms with Crippen LogP contribution in [0.2, 0.25) is 5.02 Å². The summed E-state index contributed by atoms with van der Waals surface area (Å²) >= 11 is 5.97. The van der Waals surface area contributed by atoms with Crippen LogP contribution in [0.15, 0.2) is 42.5 Å². The molecule has 6 heteroatoms. The Balaban J connectivity index is 1.38. The number of hydrogen-bond donors (Lipinski definition) is 1. The van der Waals surface area contributed by atoms with E-state index in [9.17, 15) is 4.79 Å². The minimum Gasteiger partial charge on any atom is -0.368 e. The van der Waals surface area contributed by atoms with Gasteiger partial charge in [0.05, 0.1) is 6.04 Å². The second-order valence-electron chi connectivity index (χ2n) is 9.28. The minimum absolute atomic E-state index is 0.0429. The van der Waals surface area contributed by atoms with Crippen molar-refractivity contribution in [2.45, 2.75) is 51.6 Å². The first-order chi connectivity index (χ1) is 16.0. The molecule has 5 nitrogen and oxygen atoms in total. The average Bonchev–Trinajstić information content (AvgIpc) is 2.85. The first-order valence-electron chi connectivity index (χ1n) is 12.4. The molecule has 0 bridgehead atoms. The molecular weight excluding hydrogens is 432 g/mol. The number of benzene rings is 2. The van der Waals surface area contributed by atoms with Gasteiger partial charge in [0.2, 0.25) is 5.91 Å². The van der Waals surface area contributed by atoms with Crippen LogP contribution in [-0.4, -0.2) is 67.1 Å². The van der Waals surface area contributed by atoms with Crippen LogP contribution in [0.3, 0.4) is 0 Å². The summed E-state index contributed by atoms with van der Waals surface area (Å²) in [5.74, 6) is 0.0429. The van der Waals surface area contributed by atoms with Gasteiger partial charge >= 0.3 is 0 Å². The SMILES string of the molecule is CCN(CC)C1CCc2cccc(N3CCN(C(=O)C(N)Cc4ccc(Cl)cc4)CC3)c2C1. The van der Waals surface area contributed by atoms with E-state index in [1.807, 2.05) is 29.2 Å². The molecule has 178 valence electrons. The molecule has 0 radical (unpaired) electrons. The lowest BCUT2D eigenvalue weighted by molar-refractivity contribution is -0.132. The molecule has 0 spiro atoms. The van der Waals surface area contributed by atoms with E-state index in [0.29, 0.717) is 17.5 Å². The highest BCUT2D eigenvalue weighted by molar-refractivity contribution is 6.30. The van der Waals surface area contributed by atoms with Gasteiger partial charge in [0.15, 0.2) is 0 Å². The van der Waals surface area contributed by atoms with Crippen molar-refractivity contribution in [1.82, 2.24) is 9.80 Å². The normalized spacial score (nSPS) is 19.5. The molecule has 0 saturated carbocycles. The van der Waals surface area contributed by atoms with Gasteiger partial charge in [-0.1, -0.05) is 49.7 Å². The third-order valence-corrected chi connectivity index (χ3v) is 7.63. The maximum Gasteiger partial charge on any atom is 0.239 e. The van der Waals surface area contributed by atoms with Crippen molar-refractivity contribution in [1.29, 1.82) is 0 Å². The second kappa shape index (κ2) is 10.9. The van der Waals surface area contributed by atoms with Crippen LogP contribution in [0, 0.1) is 0 Å². The summed E-state index contributed by atoms with van der Waals surface area (Å²) in [7, 11) is 0. The van der Waals surface area contributed by atoms with Crippen LogP contribution in [-0.2, 0) is 24.1 Å². The summed E-state index contributed by atoms with van der Waals surface area (Å²) in [5, 5.41) is 0.696. The molecule has 33 heavy (non-hydrogen) atoms. The Kier molecular flexibility index (Phi) is 7.94. The summed E-state index contributed by atoms with van der Waals surface area (Å²) in [6.07, 6.45) is 4.06. The van der Waals surface area contributed by atoms with Crippen molar-refractivity contribution in [3.05, 3.63) is 64.2 Å². The maximum atomic E-state index is 13.0. The maximum absolute atomic E-state index is 13.0. The average molecular weight is 469 g/mol. The van der Waals surface area contributed by atoms with Crippen LogP contribution < -0.4 is 10.6 Å². The van der Waals surface area contributed by atoms with Gasteiger partial charge in [-0.05, 0) is 73.7 Å². The Morgan fingerprint density at radius 1 is 1.09 bits per heavy atom. The summed E-state index contributed by atoms with van der Waals surface area (Å²) in [6, 6.07) is 14.5. The molecular formula is C27H37ClN4O. The summed E-state index contributed by atoms with van der Waals surface area (Å²) in [4.78, 5) is 20.0. The molecule has 1 fully saturated rings. The predicted octanol–water partition coefficient (Wildman–Crippen LogP) is 3.76. The van der Waals surface area contributed by atoms with E-state index in [4.69, 9.17) is 17.3 Å². The molecule has 1 aliphatic carbocycles. The van der Waals surface area contributed by atoms with E-state index >= 15 is 0 Å². The number of aryl methyl sites for hydroxylation is 1. The van der Waals surface area contributed by atoms with E-state index in [0.717, 1.165) is 57.7 Å². The molecule has 2 aliphatic rings. The second-order valence-corrected chi connectivity index (χ2v) is 9.72. The topological polar surface area (TPSA) is 52.8 Å². The molecule has 2 atom stereocenters. The van der Waals surface area contributed by atoms with Gasteiger partial charge in [-0.3, -0.25) is 4.79 Å². The smallest absolute Gasteiger partial charge is 0.239 e. The van der Waals surface area contributed by atoms with Crippen LogP contribution in [0.4, 0.5) is 5.69 Å². The number of carbonyl (C=O) groups is 1. The quantitative estimate of drug-likeness (QED) is 0.672. The Bertz CT molecular complexity index is 936. The van der Waals surface area contributed by atoms with Gasteiger partial charge in [0, 0.05) is 42.9 Å². The summed E-state index contributed by atoms with van der Waals surface area (Å²) in [5.41, 5.74) is 11.7. The lowest BCUT2D eigenvalue weighted by Gasteiger charge is -2.40. The number of hydrogen-bond acceptors (Lipinski definition) is 4. The zero-order chi connectivity index (χ0) is 23.4. The minimum atomic E-state index is -0.517. The van der Waals surface area contributed by atoms with Crippen LogP contribution in [0.5, 0.6) is 0 Å². The lowest BCUT2D eigenvalue weighted by Crippen LogP contribution is -2.54. The van der Waals surface area contributed by atoms with Crippen molar-refractivity contribution >= 4 is 23.2 Å². The molecule has 1 saturated heterocycles. The van der Waals surface area contributed by atoms with Gasteiger partial charge in [0.25, 0.3) is 0 Å². The number of carbonyl (C=O) groups excluding carboxylic acids is 1.